The molecule has 1 saturated heterocycles. The minimum Gasteiger partial charge on any atom is -0.508 e. The van der Waals surface area contributed by atoms with Crippen molar-refractivity contribution in [2.24, 2.45) is 5.41 Å². The summed E-state index contributed by atoms with van der Waals surface area (Å²) in [7, 11) is 0. The Morgan fingerprint density at radius 3 is 2.62 bits per heavy atom. The van der Waals surface area contributed by atoms with Crippen LogP contribution in [0.3, 0.4) is 0 Å². The molecule has 0 aromatic heterocycles. The Labute approximate surface area is 207 Å². The molecule has 1 fully saturated rings. The van der Waals surface area contributed by atoms with Crippen LogP contribution in [0, 0.1) is 5.41 Å². The molecule has 5 nitrogen and oxygen atoms in total. The summed E-state index contributed by atoms with van der Waals surface area (Å²) in [5.74, 6) is 3.47. The highest BCUT2D eigenvalue weighted by atomic mass is 32.2. The summed E-state index contributed by atoms with van der Waals surface area (Å²) in [5.41, 5.74) is 0.521. The molecule has 6 heteroatoms. The first-order valence-electron chi connectivity index (χ1n) is 11.6. The number of thioether (sulfide) groups is 1. The zero-order valence-corrected chi connectivity index (χ0v) is 20.8. The van der Waals surface area contributed by atoms with Crippen LogP contribution in [-0.2, 0) is 0 Å². The fourth-order valence-corrected chi connectivity index (χ4v) is 4.59. The van der Waals surface area contributed by atoms with Crippen molar-refractivity contribution in [3.05, 3.63) is 84.7 Å². The predicted octanol–water partition coefficient (Wildman–Crippen LogP) is 6.23. The van der Waals surface area contributed by atoms with E-state index in [0.29, 0.717) is 16.9 Å². The molecule has 2 aliphatic heterocycles. The maximum absolute atomic E-state index is 9.12. The Morgan fingerprint density at radius 1 is 1.06 bits per heavy atom. The van der Waals surface area contributed by atoms with Gasteiger partial charge in [0.1, 0.15) is 29.6 Å². The lowest BCUT2D eigenvalue weighted by Crippen LogP contribution is -2.53. The van der Waals surface area contributed by atoms with Crippen LogP contribution in [0.15, 0.2) is 89.6 Å². The Balaban J connectivity index is 0.000000150. The molecule has 0 atom stereocenters. The van der Waals surface area contributed by atoms with Gasteiger partial charge in [-0.05, 0) is 54.3 Å². The molecule has 5 rings (SSSR count). The third-order valence-electron chi connectivity index (χ3n) is 5.21. The van der Waals surface area contributed by atoms with Crippen molar-refractivity contribution in [3.63, 3.8) is 0 Å². The number of benzene rings is 2. The van der Waals surface area contributed by atoms with Gasteiger partial charge in [-0.3, -0.25) is 4.90 Å². The van der Waals surface area contributed by atoms with Crippen LogP contribution in [-0.4, -0.2) is 53.7 Å². The van der Waals surface area contributed by atoms with Crippen molar-refractivity contribution < 1.29 is 19.7 Å². The molecule has 2 aromatic carbocycles. The number of aliphatic hydroxyl groups excluding tert-OH is 1. The first-order valence-corrected chi connectivity index (χ1v) is 12.6. The summed E-state index contributed by atoms with van der Waals surface area (Å²) in [6.07, 6.45) is 10.0. The number of phenols is 1. The number of para-hydroxylation sites is 1. The SMILES string of the molecule is CC1(C)CN(CCOc2ccccc2)C1.OC1=CC=CCC=C1.Oc1ccc2c(c1)SCCO2. The Bertz CT molecular complexity index is 977. The van der Waals surface area contributed by atoms with Gasteiger partial charge in [0.25, 0.3) is 0 Å². The van der Waals surface area contributed by atoms with Gasteiger partial charge in [0.15, 0.2) is 0 Å². The zero-order valence-electron chi connectivity index (χ0n) is 20.0. The lowest BCUT2D eigenvalue weighted by atomic mass is 9.84. The van der Waals surface area contributed by atoms with E-state index < -0.39 is 0 Å². The summed E-state index contributed by atoms with van der Waals surface area (Å²) < 4.78 is 11.0. The van der Waals surface area contributed by atoms with Crippen molar-refractivity contribution in [1.29, 1.82) is 0 Å². The third-order valence-corrected chi connectivity index (χ3v) is 6.21. The molecular formula is C28H35NO4S. The number of ether oxygens (including phenoxy) is 2. The summed E-state index contributed by atoms with van der Waals surface area (Å²) in [6.45, 7) is 9.61. The van der Waals surface area contributed by atoms with E-state index in [1.165, 1.54) is 13.1 Å². The van der Waals surface area contributed by atoms with E-state index in [1.807, 2.05) is 48.6 Å². The number of aromatic hydroxyl groups is 1. The highest BCUT2D eigenvalue weighted by molar-refractivity contribution is 7.99. The van der Waals surface area contributed by atoms with E-state index in [0.717, 1.165) is 48.3 Å². The van der Waals surface area contributed by atoms with Gasteiger partial charge in [-0.1, -0.05) is 50.3 Å². The maximum atomic E-state index is 9.12. The van der Waals surface area contributed by atoms with Crippen molar-refractivity contribution >= 4 is 11.8 Å². The van der Waals surface area contributed by atoms with Gasteiger partial charge in [0.05, 0.1) is 11.5 Å². The van der Waals surface area contributed by atoms with E-state index in [4.69, 9.17) is 19.7 Å². The van der Waals surface area contributed by atoms with Crippen LogP contribution < -0.4 is 9.47 Å². The van der Waals surface area contributed by atoms with Crippen LogP contribution >= 0.6 is 11.8 Å². The molecule has 2 heterocycles. The normalized spacial score (nSPS) is 17.8. The van der Waals surface area contributed by atoms with E-state index >= 15 is 0 Å². The molecule has 34 heavy (non-hydrogen) atoms. The van der Waals surface area contributed by atoms with Crippen LogP contribution in [0.2, 0.25) is 0 Å². The van der Waals surface area contributed by atoms with Crippen LogP contribution in [0.1, 0.15) is 20.3 Å². The standard InChI is InChI=1S/C13H19NO.C8H8O2S.C7H8O/c1-13(2)10-14(11-13)8-9-15-12-6-4-3-5-7-12;9-6-1-2-7-8(5-6)11-4-3-10-7;8-7-5-3-1-2-4-6-7/h3-7H,8-11H2,1-2H3;1-2,5,9H,3-4H2;1,3-6,8H,2H2. The fraction of sp³-hybridized carbons (Fsp3) is 0.357. The van der Waals surface area contributed by atoms with Crippen LogP contribution in [0.5, 0.6) is 17.2 Å². The summed E-state index contributed by atoms with van der Waals surface area (Å²) >= 11 is 1.72. The quantitative estimate of drug-likeness (QED) is 0.540. The Kier molecular flexibility index (Phi) is 9.98. The monoisotopic (exact) mass is 481 g/mol. The molecule has 3 aliphatic rings. The molecule has 0 amide bonds. The molecule has 182 valence electrons. The second-order valence-corrected chi connectivity index (χ2v) is 10.2. The largest absolute Gasteiger partial charge is 0.508 e. The van der Waals surface area contributed by atoms with Gasteiger partial charge in [0, 0.05) is 25.4 Å². The summed E-state index contributed by atoms with van der Waals surface area (Å²) in [6, 6.07) is 15.2. The zero-order chi connectivity index (χ0) is 24.2. The lowest BCUT2D eigenvalue weighted by molar-refractivity contribution is 0.0213. The minimum atomic E-state index is 0.307. The van der Waals surface area contributed by atoms with Gasteiger partial charge in [-0.15, -0.1) is 11.8 Å². The van der Waals surface area contributed by atoms with Gasteiger partial charge in [0.2, 0.25) is 0 Å². The average Bonchev–Trinajstić information content (AvgIpc) is 3.07. The van der Waals surface area contributed by atoms with Crippen molar-refractivity contribution in [1.82, 2.24) is 4.90 Å². The third kappa shape index (κ3) is 9.20. The highest BCUT2D eigenvalue weighted by Crippen LogP contribution is 2.35. The number of hydrogen-bond donors (Lipinski definition) is 2. The molecule has 0 saturated carbocycles. The number of hydrogen-bond acceptors (Lipinski definition) is 6. The van der Waals surface area contributed by atoms with Gasteiger partial charge >= 0.3 is 0 Å². The van der Waals surface area contributed by atoms with Crippen LogP contribution in [0.25, 0.3) is 0 Å². The molecule has 2 N–H and O–H groups in total. The lowest BCUT2D eigenvalue weighted by Gasteiger charge is -2.45. The molecular weight excluding hydrogens is 446 g/mol. The Hall–Kier alpha value is -2.83. The maximum Gasteiger partial charge on any atom is 0.133 e. The second kappa shape index (κ2) is 13.2. The smallest absolute Gasteiger partial charge is 0.133 e. The first-order chi connectivity index (χ1) is 16.4. The molecule has 0 unspecified atom stereocenters. The molecule has 0 bridgehead atoms. The van der Waals surface area contributed by atoms with E-state index in [9.17, 15) is 0 Å². The number of phenolic OH excluding ortho intramolecular Hbond substituents is 1. The summed E-state index contributed by atoms with van der Waals surface area (Å²) in [5, 5.41) is 17.9. The number of likely N-dealkylation sites (tertiary alicyclic amines) is 1. The second-order valence-electron chi connectivity index (χ2n) is 9.02. The average molecular weight is 482 g/mol. The number of nitrogens with zero attached hydrogens (tertiary/aromatic N) is 1. The van der Waals surface area contributed by atoms with Crippen molar-refractivity contribution in [2.75, 3.05) is 38.6 Å². The van der Waals surface area contributed by atoms with Crippen molar-refractivity contribution in [3.8, 4) is 17.2 Å². The first kappa shape index (κ1) is 25.8. The van der Waals surface area contributed by atoms with E-state index in [1.54, 1.807) is 42.1 Å². The fourth-order valence-electron chi connectivity index (χ4n) is 3.73. The number of allylic oxidation sites excluding steroid dienone is 5. The molecule has 0 radical (unpaired) electrons. The van der Waals surface area contributed by atoms with E-state index in [2.05, 4.69) is 18.7 Å². The van der Waals surface area contributed by atoms with E-state index in [-0.39, 0.29) is 0 Å². The minimum absolute atomic E-state index is 0.307. The topological polar surface area (TPSA) is 62.2 Å². The summed E-state index contributed by atoms with van der Waals surface area (Å²) in [4.78, 5) is 3.47. The Morgan fingerprint density at radius 2 is 1.85 bits per heavy atom. The number of fused-ring (bicyclic) bond motifs is 1. The van der Waals surface area contributed by atoms with Gasteiger partial charge < -0.3 is 19.7 Å². The molecule has 1 aliphatic carbocycles. The van der Waals surface area contributed by atoms with Crippen LogP contribution in [0.4, 0.5) is 0 Å². The van der Waals surface area contributed by atoms with Crippen molar-refractivity contribution in [2.45, 2.75) is 25.2 Å². The highest BCUT2D eigenvalue weighted by Gasteiger charge is 2.33. The number of rotatable bonds is 4. The molecule has 2 aromatic rings. The molecule has 0 spiro atoms. The van der Waals surface area contributed by atoms with Gasteiger partial charge in [-0.2, -0.15) is 0 Å². The predicted molar refractivity (Wildman–Crippen MR) is 140 cm³/mol. The van der Waals surface area contributed by atoms with Gasteiger partial charge in [-0.25, -0.2) is 0 Å². The number of aliphatic hydroxyl groups is 1.